The molecule has 3 aromatic heterocycles. The molecule has 0 aliphatic carbocycles. The van der Waals surface area contributed by atoms with Crippen molar-refractivity contribution in [1.29, 1.82) is 0 Å². The second-order valence-electron chi connectivity index (χ2n) is 25.3. The molecule has 0 saturated carbocycles. The van der Waals surface area contributed by atoms with Crippen molar-refractivity contribution in [3.63, 3.8) is 0 Å². The average Bonchev–Trinajstić information content (AvgIpc) is 0.876. The average molecular weight is 1240 g/mol. The highest BCUT2D eigenvalue weighted by Crippen LogP contribution is 2.50. The Morgan fingerprint density at radius 3 is 1.21 bits per heavy atom. The first-order chi connectivity index (χ1) is 46.5. The highest BCUT2D eigenvalue weighted by molar-refractivity contribution is 8.00. The number of rotatable bonds is 5. The van der Waals surface area contributed by atoms with Gasteiger partial charge in [-0.05, 0) is 163 Å². The fourth-order valence-electron chi connectivity index (χ4n) is 16.7. The first-order valence-electron chi connectivity index (χ1n) is 31.8. The summed E-state index contributed by atoms with van der Waals surface area (Å²) in [4.78, 5) is 0. The van der Waals surface area contributed by atoms with Crippen molar-refractivity contribution >= 4 is 193 Å². The Hall–Kier alpha value is -11.0. The maximum Gasteiger partial charge on any atom is 0.256 e. The Balaban J connectivity index is 0.772. The van der Waals surface area contributed by atoms with Gasteiger partial charge in [-0.15, -0.1) is 0 Å². The van der Waals surface area contributed by atoms with Gasteiger partial charge in [-0.1, -0.05) is 158 Å². The molecule has 9 nitrogen and oxygen atoms in total. The number of hydrogen-bond acceptors (Lipinski definition) is 11. The molecule has 14 heteroatoms. The zero-order chi connectivity index (χ0) is 61.3. The minimum atomic E-state index is -0.258. The van der Waals surface area contributed by atoms with Gasteiger partial charge in [0.2, 0.25) is 0 Å². The predicted molar refractivity (Wildman–Crippen MR) is 392 cm³/mol. The van der Waals surface area contributed by atoms with Crippen LogP contribution in [0, 0.1) is 0 Å². The van der Waals surface area contributed by atoms with Crippen LogP contribution in [0.5, 0.6) is 34.5 Å². The lowest BCUT2D eigenvalue weighted by atomic mass is 9.29. The molecule has 16 aromatic rings. The number of nitrogens with one attached hydrogen (secondary N) is 1. The van der Waals surface area contributed by atoms with E-state index in [1.54, 1.807) is 23.9 Å². The third-order valence-electron chi connectivity index (χ3n) is 20.6. The summed E-state index contributed by atoms with van der Waals surface area (Å²) in [7, 11) is 0. The van der Waals surface area contributed by atoms with Gasteiger partial charge >= 0.3 is 0 Å². The monoisotopic (exact) mass is 1240 g/mol. The van der Waals surface area contributed by atoms with Gasteiger partial charge in [0.05, 0.1) is 17.1 Å². The molecule has 94 heavy (non-hydrogen) atoms. The lowest BCUT2D eigenvalue weighted by molar-refractivity contribution is 0.487. The summed E-state index contributed by atoms with van der Waals surface area (Å²) in [5.41, 5.74) is 27.7. The van der Waals surface area contributed by atoms with Gasteiger partial charge in [0.25, 0.3) is 20.1 Å². The predicted octanol–water partition coefficient (Wildman–Crippen LogP) is 15.8. The second kappa shape index (κ2) is 18.8. The largest absolute Gasteiger partial charge is 0.458 e. The Bertz CT molecular complexity index is 6140. The maximum absolute atomic E-state index is 7.65. The molecule has 438 valence electrons. The third kappa shape index (κ3) is 6.90. The van der Waals surface area contributed by atoms with Crippen molar-refractivity contribution in [2.24, 2.45) is 0 Å². The maximum atomic E-state index is 7.65. The first kappa shape index (κ1) is 51.6. The number of para-hydroxylation sites is 8. The Morgan fingerprint density at radius 2 is 0.702 bits per heavy atom. The number of fused-ring (bicyclic) bond motifs is 21. The van der Waals surface area contributed by atoms with Crippen LogP contribution in [0.25, 0.3) is 99.2 Å². The smallest absolute Gasteiger partial charge is 0.256 e. The van der Waals surface area contributed by atoms with Gasteiger partial charge in [-0.3, -0.25) is 8.61 Å². The van der Waals surface area contributed by atoms with Crippen molar-refractivity contribution in [1.82, 2.24) is 0 Å². The van der Waals surface area contributed by atoms with E-state index < -0.39 is 0 Å². The van der Waals surface area contributed by atoms with Crippen LogP contribution in [0.3, 0.4) is 0 Å². The van der Waals surface area contributed by atoms with Gasteiger partial charge in [-0.25, -0.2) is 0 Å². The van der Waals surface area contributed by atoms with Crippen molar-refractivity contribution < 1.29 is 27.5 Å². The fourth-order valence-corrected chi connectivity index (χ4v) is 18.1. The van der Waals surface area contributed by atoms with E-state index in [4.69, 9.17) is 27.5 Å². The molecule has 0 saturated heterocycles. The van der Waals surface area contributed by atoms with Gasteiger partial charge in [0.1, 0.15) is 68.0 Å². The van der Waals surface area contributed by atoms with E-state index in [9.17, 15) is 0 Å². The highest BCUT2D eigenvalue weighted by Gasteiger charge is 2.49. The summed E-state index contributed by atoms with van der Waals surface area (Å²) >= 11 is 3.40. The summed E-state index contributed by atoms with van der Waals surface area (Å²) in [5, 5.41) is 10.6. The van der Waals surface area contributed by atoms with E-state index in [0.29, 0.717) is 0 Å². The number of benzene rings is 13. The molecule has 0 spiro atoms. The molecule has 0 radical (unpaired) electrons. The second-order valence-corrected chi connectivity index (χ2v) is 26.8. The van der Waals surface area contributed by atoms with Gasteiger partial charge in [-0.2, -0.15) is 0 Å². The zero-order valence-corrected chi connectivity index (χ0v) is 52.0. The van der Waals surface area contributed by atoms with Crippen LogP contribution >= 0.6 is 23.9 Å². The summed E-state index contributed by atoms with van der Waals surface area (Å²) < 4.78 is 46.9. The first-order valence-corrected chi connectivity index (χ1v) is 34.1. The van der Waals surface area contributed by atoms with Crippen molar-refractivity contribution in [2.75, 3.05) is 26.4 Å². The summed E-state index contributed by atoms with van der Waals surface area (Å²) in [6, 6.07) is 84.8. The molecule has 0 atom stereocenters. The fraction of sp³-hybridized carbons (Fsp3) is 0.0250. The normalized spacial score (nSPS) is 14.0. The van der Waals surface area contributed by atoms with E-state index in [1.165, 1.54) is 16.4 Å². The van der Waals surface area contributed by atoms with Crippen molar-refractivity contribution in [2.45, 2.75) is 0 Å². The number of furan rings is 3. The molecule has 0 amide bonds. The van der Waals surface area contributed by atoms with Gasteiger partial charge in [0, 0.05) is 84.6 Å². The molecule has 6 aliphatic heterocycles. The molecular weight excluding hydrogens is 1200 g/mol. The van der Waals surface area contributed by atoms with E-state index in [0.717, 1.165) is 201 Å². The molecule has 1 N–H and O–H groups in total. The van der Waals surface area contributed by atoms with Crippen molar-refractivity contribution in [3.8, 4) is 67.9 Å². The number of hydrogen-bond donors (Lipinski definition) is 1. The molecule has 0 bridgehead atoms. The summed E-state index contributed by atoms with van der Waals surface area (Å²) in [6.45, 7) is -0.581. The topological polar surface area (TPSA) is 85.6 Å². The molecule has 0 unspecified atom stereocenters. The SMILES string of the molecule is CSN1c2cc3c(cc2B2c4cc5c(cc4Oc4cc(-c6cccc7c6oc6ccccc67)cc1c42)N(SC)c1cc(-c2cccc4c2oc2ccccc24)cc2c1B5c1ccccc1O2)B1c2ccccc2Oc2cc(-c4cccc5c4oc4ccccc45)cc(c21)N3. The van der Waals surface area contributed by atoms with Crippen LogP contribution in [0.2, 0.25) is 0 Å². The molecular formula is C80H46B3N3O6S2. The molecule has 13 aromatic carbocycles. The van der Waals surface area contributed by atoms with E-state index >= 15 is 0 Å². The quantitative estimate of drug-likeness (QED) is 0.132. The lowest BCUT2D eigenvalue weighted by Crippen LogP contribution is -2.64. The summed E-state index contributed by atoms with van der Waals surface area (Å²) in [5.74, 6) is 4.95. The standard InChI is InChI=1S/C80H46B3N3O6S2/c1-93-85-62-40-60-56(81-54-25-6-11-30-69(54)87-72-35-42(32-61(84-60)75(72)81)45-19-13-22-51-48-16-3-8-27-66(48)90-78(45)51)38-57(62)83-59-39-58-63(41-71(59)89-74-37-44(34-65(85)77(74)83)47-21-15-24-53-50-18-5-10-29-68(50)92-80(47)53)86(94-2)64-33-43(36-73-76(64)82(58)55-26-7-12-31-70(55)88-73)46-20-14-23-52-49-17-4-9-28-67(49)91-79(46)52/h3-41,84H,1-2H3. The van der Waals surface area contributed by atoms with E-state index in [-0.39, 0.29) is 20.1 Å². The number of ether oxygens (including phenoxy) is 3. The Labute approximate surface area is 548 Å². The lowest BCUT2D eigenvalue weighted by Gasteiger charge is -2.43. The van der Waals surface area contributed by atoms with Crippen LogP contribution in [0.4, 0.5) is 34.1 Å². The van der Waals surface area contributed by atoms with Crippen LogP contribution < -0.4 is 77.3 Å². The van der Waals surface area contributed by atoms with Crippen LogP contribution in [0.1, 0.15) is 0 Å². The highest BCUT2D eigenvalue weighted by atomic mass is 32.2. The zero-order valence-electron chi connectivity index (χ0n) is 50.4. The number of nitrogens with zero attached hydrogens (tertiary/aromatic N) is 2. The number of anilines is 6. The third-order valence-corrected chi connectivity index (χ3v) is 22.1. The van der Waals surface area contributed by atoms with Crippen LogP contribution in [0.15, 0.2) is 250 Å². The van der Waals surface area contributed by atoms with Gasteiger partial charge in [0.15, 0.2) is 0 Å². The minimum Gasteiger partial charge on any atom is -0.458 e. The van der Waals surface area contributed by atoms with Crippen LogP contribution in [-0.4, -0.2) is 32.6 Å². The van der Waals surface area contributed by atoms with E-state index in [2.05, 4.69) is 233 Å². The van der Waals surface area contributed by atoms with E-state index in [1.807, 2.05) is 30.3 Å². The van der Waals surface area contributed by atoms with Crippen LogP contribution in [-0.2, 0) is 0 Å². The van der Waals surface area contributed by atoms with Gasteiger partial charge < -0.3 is 32.8 Å². The summed E-state index contributed by atoms with van der Waals surface area (Å²) in [6.07, 6.45) is 4.35. The molecule has 9 heterocycles. The Kier molecular flexibility index (Phi) is 10.3. The van der Waals surface area contributed by atoms with Crippen molar-refractivity contribution in [3.05, 3.63) is 237 Å². The molecule has 6 aliphatic rings. The minimum absolute atomic E-state index is 0.154. The molecule has 22 rings (SSSR count). The Morgan fingerprint density at radius 1 is 0.298 bits per heavy atom. The molecule has 0 fully saturated rings.